The lowest BCUT2D eigenvalue weighted by Crippen LogP contribution is -2.14. The van der Waals surface area contributed by atoms with E-state index in [-0.39, 0.29) is 12.4 Å². The maximum atomic E-state index is 11.4. The van der Waals surface area contributed by atoms with E-state index in [1.54, 1.807) is 6.92 Å². The predicted molar refractivity (Wildman–Crippen MR) is 74.2 cm³/mol. The fourth-order valence-corrected chi connectivity index (χ4v) is 2.96. The van der Waals surface area contributed by atoms with Crippen LogP contribution < -0.4 is 0 Å². The largest absolute Gasteiger partial charge is 0.466 e. The molecule has 0 unspecified atom stereocenters. The molecule has 0 bridgehead atoms. The van der Waals surface area contributed by atoms with Crippen LogP contribution in [0.15, 0.2) is 4.52 Å². The van der Waals surface area contributed by atoms with Crippen molar-refractivity contribution in [2.75, 3.05) is 6.61 Å². The number of ether oxygens (including phenoxy) is 1. The number of rotatable bonds is 6. The zero-order chi connectivity index (χ0) is 14.4. The quantitative estimate of drug-likeness (QED) is 0.748. The van der Waals surface area contributed by atoms with Crippen molar-refractivity contribution >= 4 is 5.97 Å². The van der Waals surface area contributed by atoms with Crippen LogP contribution in [-0.4, -0.2) is 22.7 Å². The Bertz CT molecular complexity index is 423. The minimum Gasteiger partial charge on any atom is -0.466 e. The van der Waals surface area contributed by atoms with Gasteiger partial charge in [0.15, 0.2) is 5.82 Å². The Labute approximate surface area is 120 Å². The van der Waals surface area contributed by atoms with E-state index >= 15 is 0 Å². The number of hydrogen-bond acceptors (Lipinski definition) is 5. The second kappa shape index (κ2) is 7.41. The van der Waals surface area contributed by atoms with Gasteiger partial charge in [-0.25, -0.2) is 0 Å². The molecule has 0 N–H and O–H groups in total. The first-order valence-electron chi connectivity index (χ1n) is 7.71. The molecule has 5 heteroatoms. The maximum Gasteiger partial charge on any atom is 0.315 e. The highest BCUT2D eigenvalue weighted by Crippen LogP contribution is 2.36. The Morgan fingerprint density at radius 2 is 2.05 bits per heavy atom. The van der Waals surface area contributed by atoms with Crippen molar-refractivity contribution in [3.63, 3.8) is 0 Å². The van der Waals surface area contributed by atoms with E-state index in [1.165, 1.54) is 25.7 Å². The highest BCUT2D eigenvalue weighted by molar-refractivity contribution is 5.71. The van der Waals surface area contributed by atoms with Crippen LogP contribution in [-0.2, 0) is 16.0 Å². The fraction of sp³-hybridized carbons (Fsp3) is 0.800. The van der Waals surface area contributed by atoms with Crippen LogP contribution in [0.25, 0.3) is 0 Å². The van der Waals surface area contributed by atoms with Gasteiger partial charge in [0.2, 0.25) is 5.89 Å². The van der Waals surface area contributed by atoms with Gasteiger partial charge in [0, 0.05) is 5.92 Å². The van der Waals surface area contributed by atoms with E-state index in [2.05, 4.69) is 17.1 Å². The van der Waals surface area contributed by atoms with Crippen LogP contribution in [0.3, 0.4) is 0 Å². The molecule has 0 saturated heterocycles. The lowest BCUT2D eigenvalue weighted by atomic mass is 9.80. The highest BCUT2D eigenvalue weighted by Gasteiger charge is 2.25. The number of hydrogen-bond donors (Lipinski definition) is 0. The Hall–Kier alpha value is -1.39. The van der Waals surface area contributed by atoms with Gasteiger partial charge >= 0.3 is 5.97 Å². The Balaban J connectivity index is 1.85. The number of aromatic nitrogens is 2. The third-order valence-electron chi connectivity index (χ3n) is 3.99. The van der Waals surface area contributed by atoms with Gasteiger partial charge < -0.3 is 9.26 Å². The highest BCUT2D eigenvalue weighted by atomic mass is 16.5. The van der Waals surface area contributed by atoms with Crippen molar-refractivity contribution in [3.05, 3.63) is 11.7 Å². The third-order valence-corrected chi connectivity index (χ3v) is 3.99. The summed E-state index contributed by atoms with van der Waals surface area (Å²) in [5.74, 6) is 2.08. The molecule has 0 aromatic carbocycles. The van der Waals surface area contributed by atoms with Crippen LogP contribution in [0, 0.1) is 5.92 Å². The summed E-state index contributed by atoms with van der Waals surface area (Å²) in [5, 5.41) is 4.03. The Morgan fingerprint density at radius 3 is 2.70 bits per heavy atom. The molecule has 0 amide bonds. The van der Waals surface area contributed by atoms with Crippen LogP contribution in [0.1, 0.15) is 70.0 Å². The third kappa shape index (κ3) is 4.05. The van der Waals surface area contributed by atoms with E-state index in [0.29, 0.717) is 18.4 Å². The van der Waals surface area contributed by atoms with Crippen molar-refractivity contribution in [2.24, 2.45) is 5.92 Å². The van der Waals surface area contributed by atoms with Crippen LogP contribution in [0.4, 0.5) is 0 Å². The molecule has 1 aromatic heterocycles. The van der Waals surface area contributed by atoms with Crippen molar-refractivity contribution in [1.82, 2.24) is 10.1 Å². The van der Waals surface area contributed by atoms with Crippen LogP contribution in [0.2, 0.25) is 0 Å². The zero-order valence-electron chi connectivity index (χ0n) is 12.4. The molecule has 2 rings (SSSR count). The molecule has 1 saturated carbocycles. The second-order valence-corrected chi connectivity index (χ2v) is 5.53. The lowest BCUT2D eigenvalue weighted by Gasteiger charge is -2.26. The molecule has 0 radical (unpaired) electrons. The number of carbonyl (C=O) groups is 1. The summed E-state index contributed by atoms with van der Waals surface area (Å²) < 4.78 is 10.0. The predicted octanol–water partition coefficient (Wildman–Crippen LogP) is 3.25. The van der Waals surface area contributed by atoms with Gasteiger partial charge in [-0.1, -0.05) is 24.9 Å². The van der Waals surface area contributed by atoms with Gasteiger partial charge in [-0.05, 0) is 38.5 Å². The summed E-state index contributed by atoms with van der Waals surface area (Å²) in [6, 6.07) is 0. The van der Waals surface area contributed by atoms with Gasteiger partial charge in [-0.2, -0.15) is 4.98 Å². The van der Waals surface area contributed by atoms with Crippen molar-refractivity contribution in [2.45, 2.75) is 64.7 Å². The van der Waals surface area contributed by atoms with E-state index in [4.69, 9.17) is 9.26 Å². The van der Waals surface area contributed by atoms with Crippen molar-refractivity contribution in [1.29, 1.82) is 0 Å². The minimum absolute atomic E-state index is 0.0754. The average molecular weight is 280 g/mol. The van der Waals surface area contributed by atoms with Crippen LogP contribution in [0.5, 0.6) is 0 Å². The average Bonchev–Trinajstić information content (AvgIpc) is 2.88. The molecule has 112 valence electrons. The summed E-state index contributed by atoms with van der Waals surface area (Å²) in [6.07, 6.45) is 7.42. The molecule has 1 aliphatic carbocycles. The lowest BCUT2D eigenvalue weighted by molar-refractivity contribution is -0.142. The molecular weight excluding hydrogens is 256 g/mol. The van der Waals surface area contributed by atoms with Gasteiger partial charge in [0.05, 0.1) is 6.61 Å². The Kier molecular flexibility index (Phi) is 5.56. The van der Waals surface area contributed by atoms with Gasteiger partial charge in [0.1, 0.15) is 6.42 Å². The SMILES string of the molecule is CCCC1CCC(c2noc(CC(=O)OCC)n2)CC1. The zero-order valence-corrected chi connectivity index (χ0v) is 12.4. The second-order valence-electron chi connectivity index (χ2n) is 5.53. The first kappa shape index (κ1) is 15.0. The summed E-state index contributed by atoms with van der Waals surface area (Å²) in [6.45, 7) is 4.40. The molecule has 1 aromatic rings. The summed E-state index contributed by atoms with van der Waals surface area (Å²) >= 11 is 0. The fourth-order valence-electron chi connectivity index (χ4n) is 2.96. The Morgan fingerprint density at radius 1 is 1.30 bits per heavy atom. The van der Waals surface area contributed by atoms with Gasteiger partial charge in [-0.15, -0.1) is 0 Å². The van der Waals surface area contributed by atoms with Crippen molar-refractivity contribution in [3.8, 4) is 0 Å². The smallest absolute Gasteiger partial charge is 0.315 e. The first-order valence-corrected chi connectivity index (χ1v) is 7.71. The molecule has 1 heterocycles. The maximum absolute atomic E-state index is 11.4. The number of esters is 1. The molecule has 1 fully saturated rings. The molecular formula is C15H24N2O3. The first-order chi connectivity index (χ1) is 9.72. The monoisotopic (exact) mass is 280 g/mol. The summed E-state index contributed by atoms with van der Waals surface area (Å²) in [5.41, 5.74) is 0. The van der Waals surface area contributed by atoms with E-state index in [0.717, 1.165) is 24.6 Å². The number of carbonyl (C=O) groups excluding carboxylic acids is 1. The van der Waals surface area contributed by atoms with Gasteiger partial charge in [-0.3, -0.25) is 4.79 Å². The molecule has 5 nitrogen and oxygen atoms in total. The van der Waals surface area contributed by atoms with E-state index in [9.17, 15) is 4.79 Å². The molecule has 0 atom stereocenters. The molecule has 0 spiro atoms. The molecule has 1 aliphatic rings. The topological polar surface area (TPSA) is 65.2 Å². The molecule has 0 aliphatic heterocycles. The minimum atomic E-state index is -0.311. The molecule has 20 heavy (non-hydrogen) atoms. The summed E-state index contributed by atoms with van der Waals surface area (Å²) in [4.78, 5) is 15.7. The van der Waals surface area contributed by atoms with Crippen molar-refractivity contribution < 1.29 is 14.1 Å². The van der Waals surface area contributed by atoms with E-state index in [1.807, 2.05) is 0 Å². The number of nitrogens with zero attached hydrogens (tertiary/aromatic N) is 2. The van der Waals surface area contributed by atoms with Gasteiger partial charge in [0.25, 0.3) is 0 Å². The summed E-state index contributed by atoms with van der Waals surface area (Å²) in [7, 11) is 0. The normalized spacial score (nSPS) is 22.7. The van der Waals surface area contributed by atoms with E-state index < -0.39 is 0 Å². The van der Waals surface area contributed by atoms with Crippen LogP contribution >= 0.6 is 0 Å². The standard InChI is InChI=1S/C15H24N2O3/c1-3-5-11-6-8-12(9-7-11)15-16-13(20-17-15)10-14(18)19-4-2/h11-12H,3-10H2,1-2H3.